The number of likely N-dealkylation sites (tertiary alicyclic amines) is 1. The number of carbonyl (C=O) groups excluding carboxylic acids is 1. The lowest BCUT2D eigenvalue weighted by molar-refractivity contribution is -0.123. The molecule has 2 N–H and O–H groups in total. The molecule has 0 unspecified atom stereocenters. The number of halogens is 1. The number of fused-ring (bicyclic) bond motifs is 1. The van der Waals surface area contributed by atoms with Crippen LogP contribution in [0.25, 0.3) is 0 Å². The van der Waals surface area contributed by atoms with Crippen molar-refractivity contribution < 1.29 is 9.18 Å². The zero-order chi connectivity index (χ0) is 17.6. The van der Waals surface area contributed by atoms with Crippen LogP contribution in [-0.2, 0) is 4.79 Å². The first-order valence-corrected chi connectivity index (χ1v) is 9.01. The van der Waals surface area contributed by atoms with E-state index in [2.05, 4.69) is 11.0 Å². The van der Waals surface area contributed by atoms with E-state index in [9.17, 15) is 9.18 Å². The molecule has 3 aliphatic rings. The first-order valence-electron chi connectivity index (χ1n) is 9.01. The van der Waals surface area contributed by atoms with Gasteiger partial charge in [-0.25, -0.2) is 4.39 Å². The fraction of sp³-hybridized carbons (Fsp3) is 0.579. The number of primary amides is 1. The highest BCUT2D eigenvalue weighted by molar-refractivity contribution is 5.80. The molecule has 25 heavy (non-hydrogen) atoms. The summed E-state index contributed by atoms with van der Waals surface area (Å²) in [7, 11) is 0. The highest BCUT2D eigenvalue weighted by atomic mass is 19.1. The molecular weight excluding hydrogens is 319 g/mol. The first kappa shape index (κ1) is 16.3. The Labute approximate surface area is 147 Å². The molecule has 1 aliphatic carbocycles. The quantitative estimate of drug-likeness (QED) is 0.907. The van der Waals surface area contributed by atoms with Crippen molar-refractivity contribution in [3.05, 3.63) is 29.8 Å². The molecule has 1 saturated carbocycles. The van der Waals surface area contributed by atoms with Crippen molar-refractivity contribution in [2.45, 2.75) is 37.5 Å². The maximum Gasteiger partial charge on any atom is 0.234 e. The van der Waals surface area contributed by atoms with Crippen LogP contribution in [-0.4, -0.2) is 48.7 Å². The average Bonchev–Trinajstić information content (AvgIpc) is 3.28. The van der Waals surface area contributed by atoms with Gasteiger partial charge < -0.3 is 10.6 Å². The second-order valence-electron chi connectivity index (χ2n) is 7.58. The number of nitrogens with two attached hydrogens (primary N) is 1. The summed E-state index contributed by atoms with van der Waals surface area (Å²) in [4.78, 5) is 16.1. The third kappa shape index (κ3) is 2.87. The molecule has 1 aromatic rings. The molecule has 2 aliphatic heterocycles. The Hall–Kier alpha value is -2.13. The SMILES string of the molecule is N#Cc1ccc(N2C[C@H]3CC[C@H](N4C[C@H](F)C[C@H]4C(N)=O)[C@H]3C2)cc1. The molecule has 6 heteroatoms. The lowest BCUT2D eigenvalue weighted by Gasteiger charge is -2.33. The van der Waals surface area contributed by atoms with Crippen molar-refractivity contribution in [2.75, 3.05) is 24.5 Å². The van der Waals surface area contributed by atoms with Gasteiger partial charge in [-0.05, 0) is 48.9 Å². The smallest absolute Gasteiger partial charge is 0.234 e. The molecule has 5 atom stereocenters. The zero-order valence-electron chi connectivity index (χ0n) is 14.1. The van der Waals surface area contributed by atoms with Crippen molar-refractivity contribution in [1.82, 2.24) is 4.90 Å². The number of nitrogens with zero attached hydrogens (tertiary/aromatic N) is 3. The number of rotatable bonds is 3. The molecule has 0 aromatic heterocycles. The van der Waals surface area contributed by atoms with E-state index in [-0.39, 0.29) is 12.5 Å². The van der Waals surface area contributed by atoms with Gasteiger partial charge in [-0.3, -0.25) is 9.69 Å². The van der Waals surface area contributed by atoms with Crippen molar-refractivity contribution in [2.24, 2.45) is 17.6 Å². The van der Waals surface area contributed by atoms with Crippen molar-refractivity contribution in [1.29, 1.82) is 5.26 Å². The molecule has 5 nitrogen and oxygen atoms in total. The molecule has 3 fully saturated rings. The summed E-state index contributed by atoms with van der Waals surface area (Å²) in [5, 5.41) is 8.93. The highest BCUT2D eigenvalue weighted by Gasteiger charge is 2.49. The molecule has 4 rings (SSSR count). The van der Waals surface area contributed by atoms with E-state index in [1.807, 2.05) is 29.2 Å². The van der Waals surface area contributed by atoms with Crippen LogP contribution < -0.4 is 10.6 Å². The van der Waals surface area contributed by atoms with Gasteiger partial charge in [-0.2, -0.15) is 5.26 Å². The van der Waals surface area contributed by atoms with Crippen LogP contribution in [0, 0.1) is 23.2 Å². The maximum atomic E-state index is 13.9. The van der Waals surface area contributed by atoms with Crippen LogP contribution in [0.5, 0.6) is 0 Å². The molecule has 0 bridgehead atoms. The van der Waals surface area contributed by atoms with Gasteiger partial charge in [0.15, 0.2) is 0 Å². The Morgan fingerprint density at radius 3 is 2.64 bits per heavy atom. The summed E-state index contributed by atoms with van der Waals surface area (Å²) in [6, 6.07) is 9.61. The Morgan fingerprint density at radius 1 is 1.20 bits per heavy atom. The molecule has 132 valence electrons. The molecule has 1 aromatic carbocycles. The predicted octanol–water partition coefficient (Wildman–Crippen LogP) is 1.67. The van der Waals surface area contributed by atoms with E-state index in [1.54, 1.807) is 0 Å². The van der Waals surface area contributed by atoms with Gasteiger partial charge in [0.25, 0.3) is 0 Å². The number of amides is 1. The second-order valence-corrected chi connectivity index (χ2v) is 7.58. The predicted molar refractivity (Wildman–Crippen MR) is 92.6 cm³/mol. The van der Waals surface area contributed by atoms with E-state index < -0.39 is 18.1 Å². The fourth-order valence-electron chi connectivity index (χ4n) is 5.06. The topological polar surface area (TPSA) is 73.4 Å². The van der Waals surface area contributed by atoms with Crippen LogP contribution in [0.4, 0.5) is 10.1 Å². The Balaban J connectivity index is 1.49. The van der Waals surface area contributed by atoms with Gasteiger partial charge in [-0.1, -0.05) is 0 Å². The second kappa shape index (κ2) is 6.30. The fourth-order valence-corrected chi connectivity index (χ4v) is 5.06. The molecule has 0 radical (unpaired) electrons. The van der Waals surface area contributed by atoms with Crippen LogP contribution in [0.15, 0.2) is 24.3 Å². The van der Waals surface area contributed by atoms with Crippen LogP contribution in [0.1, 0.15) is 24.8 Å². The highest BCUT2D eigenvalue weighted by Crippen LogP contribution is 2.44. The third-order valence-electron chi connectivity index (χ3n) is 6.22. The number of alkyl halides is 1. The van der Waals surface area contributed by atoms with Crippen molar-refractivity contribution in [3.8, 4) is 6.07 Å². The van der Waals surface area contributed by atoms with Crippen LogP contribution >= 0.6 is 0 Å². The van der Waals surface area contributed by atoms with Gasteiger partial charge >= 0.3 is 0 Å². The Morgan fingerprint density at radius 2 is 1.96 bits per heavy atom. The number of hydrogen-bond acceptors (Lipinski definition) is 4. The van der Waals surface area contributed by atoms with Gasteiger partial charge in [0.2, 0.25) is 5.91 Å². The van der Waals surface area contributed by atoms with E-state index in [0.717, 1.165) is 31.6 Å². The molecule has 2 saturated heterocycles. The molecular formula is C19H23FN4O. The minimum absolute atomic E-state index is 0.239. The van der Waals surface area contributed by atoms with Crippen molar-refractivity contribution >= 4 is 11.6 Å². The van der Waals surface area contributed by atoms with E-state index >= 15 is 0 Å². The maximum absolute atomic E-state index is 13.9. The zero-order valence-corrected chi connectivity index (χ0v) is 14.1. The summed E-state index contributed by atoms with van der Waals surface area (Å²) in [6.45, 7) is 2.24. The monoisotopic (exact) mass is 342 g/mol. The van der Waals surface area contributed by atoms with Gasteiger partial charge in [0, 0.05) is 37.8 Å². The summed E-state index contributed by atoms with van der Waals surface area (Å²) in [5.74, 6) is 0.626. The summed E-state index contributed by atoms with van der Waals surface area (Å²) >= 11 is 0. The number of carbonyl (C=O) groups is 1. The summed E-state index contributed by atoms with van der Waals surface area (Å²) in [6.07, 6.45) is 1.42. The number of nitriles is 1. The first-order chi connectivity index (χ1) is 12.1. The lowest BCUT2D eigenvalue weighted by Crippen LogP contribution is -2.48. The number of benzene rings is 1. The van der Waals surface area contributed by atoms with E-state index in [4.69, 9.17) is 11.0 Å². The normalized spacial score (nSPS) is 34.9. The minimum Gasteiger partial charge on any atom is -0.371 e. The Kier molecular flexibility index (Phi) is 4.12. The van der Waals surface area contributed by atoms with E-state index in [0.29, 0.717) is 23.9 Å². The van der Waals surface area contributed by atoms with Gasteiger partial charge in [0.1, 0.15) is 6.17 Å². The summed E-state index contributed by atoms with van der Waals surface area (Å²) < 4.78 is 13.9. The largest absolute Gasteiger partial charge is 0.371 e. The van der Waals surface area contributed by atoms with E-state index in [1.165, 1.54) is 0 Å². The van der Waals surface area contributed by atoms with Crippen molar-refractivity contribution in [3.63, 3.8) is 0 Å². The minimum atomic E-state index is -0.951. The number of anilines is 1. The summed E-state index contributed by atoms with van der Waals surface area (Å²) in [5.41, 5.74) is 7.31. The molecule has 2 heterocycles. The Bertz CT molecular complexity index is 700. The molecule has 0 spiro atoms. The third-order valence-corrected chi connectivity index (χ3v) is 6.22. The van der Waals surface area contributed by atoms with Gasteiger partial charge in [0.05, 0.1) is 17.7 Å². The van der Waals surface area contributed by atoms with Gasteiger partial charge in [-0.15, -0.1) is 0 Å². The van der Waals surface area contributed by atoms with Crippen LogP contribution in [0.3, 0.4) is 0 Å². The molecule has 1 amide bonds. The van der Waals surface area contributed by atoms with Crippen LogP contribution in [0.2, 0.25) is 0 Å². The standard InChI is InChI=1S/C19H23FN4O/c20-14-7-18(19(22)25)24(10-14)17-6-3-13-9-23(11-16(13)17)15-4-1-12(8-21)2-5-15/h1-2,4-5,13-14,16-18H,3,6-7,9-11H2,(H2,22,25)/t13-,14-,16+,17+,18+/m1/s1. The lowest BCUT2D eigenvalue weighted by atomic mass is 9.96. The average molecular weight is 342 g/mol. The number of hydrogen-bond donors (Lipinski definition) is 1.